The summed E-state index contributed by atoms with van der Waals surface area (Å²) in [6, 6.07) is 5.53. The van der Waals surface area contributed by atoms with Crippen molar-refractivity contribution in [3.63, 3.8) is 0 Å². The highest BCUT2D eigenvalue weighted by Crippen LogP contribution is 2.35. The average Bonchev–Trinajstić information content (AvgIpc) is 3.00. The Morgan fingerprint density at radius 1 is 1.32 bits per heavy atom. The van der Waals surface area contributed by atoms with E-state index in [2.05, 4.69) is 4.98 Å². The van der Waals surface area contributed by atoms with Crippen LogP contribution >= 0.6 is 0 Å². The first kappa shape index (κ1) is 15.4. The molecule has 0 spiro atoms. The van der Waals surface area contributed by atoms with Gasteiger partial charge in [0.25, 0.3) is 0 Å². The molecule has 1 aromatic heterocycles. The van der Waals surface area contributed by atoms with Crippen LogP contribution in [0.2, 0.25) is 0 Å². The van der Waals surface area contributed by atoms with Crippen LogP contribution in [0.25, 0.3) is 0 Å². The number of nitrogens with zero attached hydrogens (tertiary/aromatic N) is 3. The number of sulfonamides is 1. The van der Waals surface area contributed by atoms with Crippen LogP contribution in [0, 0.1) is 6.92 Å². The van der Waals surface area contributed by atoms with Crippen LogP contribution in [0.4, 0.5) is 0 Å². The van der Waals surface area contributed by atoms with E-state index in [0.717, 1.165) is 11.4 Å². The fourth-order valence-electron chi connectivity index (χ4n) is 3.47. The van der Waals surface area contributed by atoms with Gasteiger partial charge in [0.15, 0.2) is 0 Å². The summed E-state index contributed by atoms with van der Waals surface area (Å²) in [6.07, 6.45) is 0.997. The van der Waals surface area contributed by atoms with Crippen molar-refractivity contribution in [1.82, 2.24) is 14.2 Å². The highest BCUT2D eigenvalue weighted by molar-refractivity contribution is 7.89. The zero-order valence-corrected chi connectivity index (χ0v) is 13.7. The van der Waals surface area contributed by atoms with Crippen LogP contribution < -0.4 is 0 Å². The molecule has 0 N–H and O–H groups in total. The second kappa shape index (κ2) is 5.62. The summed E-state index contributed by atoms with van der Waals surface area (Å²) in [5.41, 5.74) is 1.77. The fraction of sp³-hybridized carbons (Fsp3) is 0.600. The Morgan fingerprint density at radius 2 is 2.09 bits per heavy atom. The Balaban J connectivity index is 1.80. The molecule has 1 aromatic rings. The van der Waals surface area contributed by atoms with Gasteiger partial charge in [-0.25, -0.2) is 8.42 Å². The molecule has 2 aliphatic rings. The van der Waals surface area contributed by atoms with Crippen molar-refractivity contribution in [2.24, 2.45) is 0 Å². The minimum atomic E-state index is -3.24. The minimum absolute atomic E-state index is 0.0175. The predicted octanol–water partition coefficient (Wildman–Crippen LogP) is 0.915. The third-order valence-corrected chi connectivity index (χ3v) is 6.46. The molecule has 0 unspecified atom stereocenters. The highest BCUT2D eigenvalue weighted by atomic mass is 32.2. The van der Waals surface area contributed by atoms with Gasteiger partial charge >= 0.3 is 0 Å². The molecule has 120 valence electrons. The van der Waals surface area contributed by atoms with E-state index in [1.807, 2.05) is 25.1 Å². The van der Waals surface area contributed by atoms with E-state index < -0.39 is 10.0 Å². The van der Waals surface area contributed by atoms with E-state index in [-0.39, 0.29) is 30.2 Å². The second-order valence-electron chi connectivity index (χ2n) is 5.93. The summed E-state index contributed by atoms with van der Waals surface area (Å²) in [7, 11) is -3.24. The lowest BCUT2D eigenvalue weighted by molar-refractivity contribution is -0.129. The van der Waals surface area contributed by atoms with Crippen molar-refractivity contribution in [1.29, 1.82) is 0 Å². The molecule has 3 rings (SSSR count). The van der Waals surface area contributed by atoms with Gasteiger partial charge in [-0.1, -0.05) is 6.07 Å². The molecule has 6 nitrogen and oxygen atoms in total. The first-order chi connectivity index (χ1) is 10.4. The topological polar surface area (TPSA) is 70.6 Å². The third kappa shape index (κ3) is 2.63. The summed E-state index contributed by atoms with van der Waals surface area (Å²) in [5, 5.41) is 0. The number of aromatic nitrogens is 1. The zero-order valence-electron chi connectivity index (χ0n) is 12.9. The monoisotopic (exact) mass is 323 g/mol. The molecule has 0 saturated carbocycles. The quantitative estimate of drug-likeness (QED) is 0.826. The summed E-state index contributed by atoms with van der Waals surface area (Å²) in [4.78, 5) is 18.6. The van der Waals surface area contributed by atoms with E-state index in [9.17, 15) is 13.2 Å². The fourth-order valence-corrected chi connectivity index (χ4v) is 4.81. The lowest BCUT2D eigenvalue weighted by atomic mass is 10.1. The maximum absolute atomic E-state index is 12.3. The van der Waals surface area contributed by atoms with Crippen molar-refractivity contribution in [2.45, 2.75) is 45.3 Å². The Kier molecular flexibility index (Phi) is 3.94. The van der Waals surface area contributed by atoms with E-state index in [1.165, 1.54) is 4.31 Å². The molecule has 2 aliphatic heterocycles. The smallest absolute Gasteiger partial charge is 0.224 e. The number of pyridine rings is 1. The maximum Gasteiger partial charge on any atom is 0.224 e. The van der Waals surface area contributed by atoms with Crippen LogP contribution in [-0.2, 0) is 21.4 Å². The van der Waals surface area contributed by atoms with Gasteiger partial charge in [0.1, 0.15) is 0 Å². The van der Waals surface area contributed by atoms with E-state index in [0.29, 0.717) is 19.5 Å². The number of amides is 1. The van der Waals surface area contributed by atoms with Crippen molar-refractivity contribution in [3.8, 4) is 0 Å². The number of aryl methyl sites for hydroxylation is 1. The molecule has 0 aliphatic carbocycles. The first-order valence-corrected chi connectivity index (χ1v) is 9.25. The van der Waals surface area contributed by atoms with Crippen LogP contribution in [0.5, 0.6) is 0 Å². The molecule has 1 amide bonds. The molecule has 22 heavy (non-hydrogen) atoms. The Morgan fingerprint density at radius 3 is 2.77 bits per heavy atom. The number of hydrogen-bond acceptors (Lipinski definition) is 4. The van der Waals surface area contributed by atoms with E-state index in [1.54, 1.807) is 11.8 Å². The van der Waals surface area contributed by atoms with Gasteiger partial charge < -0.3 is 4.90 Å². The molecule has 3 heterocycles. The van der Waals surface area contributed by atoms with Crippen molar-refractivity contribution in [3.05, 3.63) is 29.6 Å². The first-order valence-electron chi connectivity index (χ1n) is 7.64. The molecular formula is C15H21N3O3S. The lowest BCUT2D eigenvalue weighted by Gasteiger charge is -2.24. The second-order valence-corrected chi connectivity index (χ2v) is 8.14. The Labute approximate surface area is 131 Å². The molecule has 7 heteroatoms. The van der Waals surface area contributed by atoms with Crippen LogP contribution in [0.3, 0.4) is 0 Å². The number of hydrogen-bond donors (Lipinski definition) is 0. The Bertz CT molecular complexity index is 689. The van der Waals surface area contributed by atoms with Crippen LogP contribution in [-0.4, -0.2) is 52.9 Å². The van der Waals surface area contributed by atoms with Crippen LogP contribution in [0.1, 0.15) is 31.2 Å². The third-order valence-electron chi connectivity index (χ3n) is 4.56. The maximum atomic E-state index is 12.3. The van der Waals surface area contributed by atoms with E-state index in [4.69, 9.17) is 0 Å². The van der Waals surface area contributed by atoms with Gasteiger partial charge in [0, 0.05) is 18.7 Å². The zero-order chi connectivity index (χ0) is 15.9. The molecule has 0 aromatic carbocycles. The van der Waals surface area contributed by atoms with E-state index >= 15 is 0 Å². The minimum Gasteiger partial charge on any atom is -0.332 e. The van der Waals surface area contributed by atoms with Gasteiger partial charge in [0.05, 0.1) is 30.1 Å². The number of carbonyl (C=O) groups excluding carboxylic acids is 1. The van der Waals surface area contributed by atoms with Gasteiger partial charge in [0.2, 0.25) is 15.9 Å². The molecule has 0 bridgehead atoms. The largest absolute Gasteiger partial charge is 0.332 e. The normalized spacial score (nSPS) is 25.7. The van der Waals surface area contributed by atoms with Crippen molar-refractivity contribution < 1.29 is 13.2 Å². The van der Waals surface area contributed by atoms with Gasteiger partial charge in [-0.15, -0.1) is 0 Å². The molecule has 2 fully saturated rings. The lowest BCUT2D eigenvalue weighted by Crippen LogP contribution is -2.40. The molecular weight excluding hydrogens is 302 g/mol. The van der Waals surface area contributed by atoms with Crippen molar-refractivity contribution >= 4 is 15.9 Å². The molecule has 0 radical (unpaired) electrons. The van der Waals surface area contributed by atoms with Gasteiger partial charge in [-0.2, -0.15) is 4.31 Å². The molecule has 2 atom stereocenters. The summed E-state index contributed by atoms with van der Waals surface area (Å²) >= 11 is 0. The van der Waals surface area contributed by atoms with Gasteiger partial charge in [-0.05, 0) is 32.4 Å². The summed E-state index contributed by atoms with van der Waals surface area (Å²) in [5.74, 6) is 0.110. The van der Waals surface area contributed by atoms with Crippen LogP contribution in [0.15, 0.2) is 18.2 Å². The number of fused-ring (bicyclic) bond motifs is 1. The molecule has 2 saturated heterocycles. The average molecular weight is 323 g/mol. The van der Waals surface area contributed by atoms with Gasteiger partial charge in [-0.3, -0.25) is 9.78 Å². The Hall–Kier alpha value is -1.47. The standard InChI is InChI=1S/C15H21N3O3S/c1-3-22(20,21)18-8-7-13-14(18)9-15(19)17(13)10-12-6-4-5-11(2)16-12/h4-6,13-14H,3,7-10H2,1-2H3/t13-,14+/m1/s1. The summed E-state index contributed by atoms with van der Waals surface area (Å²) in [6.45, 7) is 4.54. The predicted molar refractivity (Wildman–Crippen MR) is 82.5 cm³/mol. The number of rotatable bonds is 4. The number of likely N-dealkylation sites (tertiary alicyclic amines) is 1. The highest BCUT2D eigenvalue weighted by Gasteiger charge is 2.49. The SMILES string of the molecule is CCS(=O)(=O)N1CC[C@@H]2[C@@H]1CC(=O)N2Cc1cccc(C)n1. The van der Waals surface area contributed by atoms with Crippen molar-refractivity contribution in [2.75, 3.05) is 12.3 Å². The number of carbonyl (C=O) groups is 1. The summed E-state index contributed by atoms with van der Waals surface area (Å²) < 4.78 is 25.8.